The molecule has 12 N–H and O–H groups in total. The summed E-state index contributed by atoms with van der Waals surface area (Å²) in [4.78, 5) is 13.5. The second-order valence-electron chi connectivity index (χ2n) is 33.5. The van der Waals surface area contributed by atoms with E-state index in [4.69, 9.17) is 28.4 Å². The van der Waals surface area contributed by atoms with Crippen molar-refractivity contribution in [1.29, 1.82) is 0 Å². The van der Waals surface area contributed by atoms with Gasteiger partial charge in [-0.3, -0.25) is 4.79 Å². The van der Waals surface area contributed by atoms with Crippen LogP contribution in [0.2, 0.25) is 0 Å². The number of carbonyl (C=O) groups excluding carboxylic acids is 1. The highest BCUT2D eigenvalue weighted by atomic mass is 16.8. The Kier molecular flexibility index (Phi) is 67.0. The first-order valence-electron chi connectivity index (χ1n) is 46.7. The molecule has 17 atom stereocenters. The zero-order chi connectivity index (χ0) is 80.3. The van der Waals surface area contributed by atoms with Crippen molar-refractivity contribution in [2.24, 2.45) is 0 Å². The first-order valence-corrected chi connectivity index (χ1v) is 46.7. The molecular formula is C92H173NO18. The number of aliphatic hydroxyl groups is 11. The predicted octanol–water partition coefficient (Wildman–Crippen LogP) is 18.2. The van der Waals surface area contributed by atoms with Crippen LogP contribution in [-0.2, 0) is 33.2 Å². The third-order valence-corrected chi connectivity index (χ3v) is 23.4. The number of rotatable bonds is 77. The molecular weight excluding hydrogens is 1410 g/mol. The zero-order valence-corrected chi connectivity index (χ0v) is 70.7. The second-order valence-corrected chi connectivity index (χ2v) is 33.5. The van der Waals surface area contributed by atoms with E-state index in [1.54, 1.807) is 6.08 Å². The lowest BCUT2D eigenvalue weighted by atomic mass is 9.96. The number of hydrogen-bond donors (Lipinski definition) is 12. The van der Waals surface area contributed by atoms with E-state index < -0.39 is 124 Å². The topological polar surface area (TPSA) is 307 Å². The number of aliphatic hydroxyl groups excluding tert-OH is 11. The van der Waals surface area contributed by atoms with Crippen molar-refractivity contribution in [3.63, 3.8) is 0 Å². The van der Waals surface area contributed by atoms with Gasteiger partial charge in [0.2, 0.25) is 5.91 Å². The Balaban J connectivity index is 1.32. The summed E-state index contributed by atoms with van der Waals surface area (Å²) in [7, 11) is 0. The molecule has 3 fully saturated rings. The van der Waals surface area contributed by atoms with Crippen molar-refractivity contribution >= 4 is 5.91 Å². The van der Waals surface area contributed by atoms with Crippen molar-refractivity contribution in [1.82, 2.24) is 5.32 Å². The summed E-state index contributed by atoms with van der Waals surface area (Å²) in [6, 6.07) is -0.991. The molecule has 654 valence electrons. The van der Waals surface area contributed by atoms with Crippen LogP contribution < -0.4 is 5.32 Å². The third kappa shape index (κ3) is 50.5. The summed E-state index contributed by atoms with van der Waals surface area (Å²) in [6.07, 6.45) is 66.0. The number of hydrogen-bond acceptors (Lipinski definition) is 18. The van der Waals surface area contributed by atoms with Crippen LogP contribution in [0.3, 0.4) is 0 Å². The van der Waals surface area contributed by atoms with Gasteiger partial charge < -0.3 is 89.9 Å². The van der Waals surface area contributed by atoms with Crippen molar-refractivity contribution in [2.75, 3.05) is 26.4 Å². The fourth-order valence-electron chi connectivity index (χ4n) is 16.0. The summed E-state index contributed by atoms with van der Waals surface area (Å²) >= 11 is 0. The molecule has 3 saturated heterocycles. The minimum atomic E-state index is -1.98. The van der Waals surface area contributed by atoms with Crippen LogP contribution in [0.1, 0.15) is 412 Å². The van der Waals surface area contributed by atoms with Gasteiger partial charge in [-0.05, 0) is 57.8 Å². The maximum Gasteiger partial charge on any atom is 0.220 e. The molecule has 19 nitrogen and oxygen atoms in total. The standard InChI is InChI=1S/C92H173NO18/c1-3-5-7-9-11-13-15-17-19-21-23-25-27-29-31-33-35-36-37-38-40-42-44-46-48-50-52-54-56-58-60-62-64-66-68-70-80(98)93-75(76(97)69-67-65-63-61-59-57-55-53-51-49-47-45-43-41-39-34-32-30-28-26-24-22-20-18-16-14-12-10-8-6-4-2)74-106-90-86(104)83(101)88(78(72-95)108-90)111-92-87(105)84(102)89(79(73-96)109-92)110-91-85(103)82(100)81(99)77(71-94)107-91/h21,23,59,61,67,69,75-79,81-92,94-97,99-105H,3-20,22,24-58,60,62-66,68,70-74H2,1-2H3,(H,93,98)/b23-21-,61-59+,69-67+. The first kappa shape index (κ1) is 103. The van der Waals surface area contributed by atoms with E-state index in [1.807, 2.05) is 6.08 Å². The fourth-order valence-corrected chi connectivity index (χ4v) is 16.0. The predicted molar refractivity (Wildman–Crippen MR) is 448 cm³/mol. The lowest BCUT2D eigenvalue weighted by Crippen LogP contribution is -2.66. The molecule has 17 unspecified atom stereocenters. The highest BCUT2D eigenvalue weighted by Gasteiger charge is 2.54. The minimum Gasteiger partial charge on any atom is -0.394 e. The van der Waals surface area contributed by atoms with Crippen molar-refractivity contribution in [3.05, 3.63) is 36.5 Å². The summed E-state index contributed by atoms with van der Waals surface area (Å²) in [5.41, 5.74) is 0. The normalized spacial score (nSPS) is 25.1. The number of unbranched alkanes of at least 4 members (excludes halogenated alkanes) is 57. The number of amides is 1. The van der Waals surface area contributed by atoms with Crippen LogP contribution in [0.15, 0.2) is 36.5 Å². The highest BCUT2D eigenvalue weighted by Crippen LogP contribution is 2.34. The summed E-state index contributed by atoms with van der Waals surface area (Å²) < 4.78 is 34.5. The number of nitrogens with one attached hydrogen (secondary N) is 1. The second kappa shape index (κ2) is 72.1. The van der Waals surface area contributed by atoms with Gasteiger partial charge in [0, 0.05) is 6.42 Å². The summed E-state index contributed by atoms with van der Waals surface area (Å²) in [5, 5.41) is 121. The van der Waals surface area contributed by atoms with Gasteiger partial charge in [-0.1, -0.05) is 384 Å². The molecule has 0 aliphatic carbocycles. The largest absolute Gasteiger partial charge is 0.394 e. The monoisotopic (exact) mass is 1580 g/mol. The van der Waals surface area contributed by atoms with Gasteiger partial charge in [0.05, 0.1) is 38.6 Å². The molecule has 111 heavy (non-hydrogen) atoms. The quantitative estimate of drug-likeness (QED) is 0.0199. The molecule has 3 aliphatic heterocycles. The molecule has 0 saturated carbocycles. The lowest BCUT2D eigenvalue weighted by Gasteiger charge is -2.48. The van der Waals surface area contributed by atoms with E-state index in [1.165, 1.54) is 340 Å². The molecule has 0 aromatic rings. The summed E-state index contributed by atoms with van der Waals surface area (Å²) in [6.45, 7) is 1.79. The number of allylic oxidation sites excluding steroid dienone is 5. The van der Waals surface area contributed by atoms with Crippen LogP contribution in [0.25, 0.3) is 0 Å². The molecule has 3 rings (SSSR count). The van der Waals surface area contributed by atoms with Crippen LogP contribution in [0.5, 0.6) is 0 Å². The molecule has 1 amide bonds. The SMILES string of the molecule is CCCCCCCCCC/C=C\CCCCCCCCCCCCCCCCCCCCCCCCCC(=O)NC(COC1OC(CO)C(OC2OC(CO)C(OC3OC(CO)C(O)C(O)C3O)C(O)C2O)C(O)C1O)C(O)/C=C/CC/C=C/CCCCCCCCCCCCCCCCCCCCCCCCCCC. The zero-order valence-electron chi connectivity index (χ0n) is 70.7. The Morgan fingerprint density at radius 3 is 0.901 bits per heavy atom. The Bertz CT molecular complexity index is 2140. The van der Waals surface area contributed by atoms with E-state index in [0.717, 1.165) is 38.5 Å². The summed E-state index contributed by atoms with van der Waals surface area (Å²) in [5.74, 6) is -0.276. The van der Waals surface area contributed by atoms with Gasteiger partial charge >= 0.3 is 0 Å². The molecule has 0 aromatic heterocycles. The number of ether oxygens (including phenoxy) is 6. The van der Waals surface area contributed by atoms with Crippen LogP contribution >= 0.6 is 0 Å². The Morgan fingerprint density at radius 2 is 0.577 bits per heavy atom. The van der Waals surface area contributed by atoms with Crippen LogP contribution in [-0.4, -0.2) is 193 Å². The molecule has 3 aliphatic rings. The Labute approximate surface area is 676 Å². The van der Waals surface area contributed by atoms with Crippen molar-refractivity contribution in [3.8, 4) is 0 Å². The molecule has 0 radical (unpaired) electrons. The maximum atomic E-state index is 13.5. The van der Waals surface area contributed by atoms with Crippen LogP contribution in [0, 0.1) is 0 Å². The van der Waals surface area contributed by atoms with E-state index in [9.17, 15) is 61.0 Å². The fraction of sp³-hybridized carbons (Fsp3) is 0.924. The van der Waals surface area contributed by atoms with Gasteiger partial charge in [0.25, 0.3) is 0 Å². The van der Waals surface area contributed by atoms with Crippen molar-refractivity contribution in [2.45, 2.75) is 516 Å². The Hall–Kier alpha value is -1.99. The maximum absolute atomic E-state index is 13.5. The average molecular weight is 1580 g/mol. The molecule has 0 aromatic carbocycles. The lowest BCUT2D eigenvalue weighted by molar-refractivity contribution is -0.379. The Morgan fingerprint density at radius 1 is 0.315 bits per heavy atom. The smallest absolute Gasteiger partial charge is 0.220 e. The van der Waals surface area contributed by atoms with Gasteiger partial charge in [0.15, 0.2) is 18.9 Å². The van der Waals surface area contributed by atoms with E-state index in [2.05, 4.69) is 43.5 Å². The first-order chi connectivity index (χ1) is 54.3. The van der Waals surface area contributed by atoms with E-state index >= 15 is 0 Å². The van der Waals surface area contributed by atoms with Crippen LogP contribution in [0.4, 0.5) is 0 Å². The van der Waals surface area contributed by atoms with Gasteiger partial charge in [-0.15, -0.1) is 0 Å². The van der Waals surface area contributed by atoms with Gasteiger partial charge in [0.1, 0.15) is 73.2 Å². The molecule has 0 spiro atoms. The molecule has 0 bridgehead atoms. The van der Waals surface area contributed by atoms with E-state index in [0.29, 0.717) is 12.8 Å². The number of carbonyl (C=O) groups is 1. The molecule has 3 heterocycles. The molecule has 19 heteroatoms. The minimum absolute atomic E-state index is 0.240. The van der Waals surface area contributed by atoms with Gasteiger partial charge in [-0.25, -0.2) is 0 Å². The highest BCUT2D eigenvalue weighted by molar-refractivity contribution is 5.76. The third-order valence-electron chi connectivity index (χ3n) is 23.4. The average Bonchev–Trinajstić information content (AvgIpc) is 0.780. The van der Waals surface area contributed by atoms with Crippen molar-refractivity contribution < 1.29 is 89.4 Å². The van der Waals surface area contributed by atoms with E-state index in [-0.39, 0.29) is 18.9 Å². The van der Waals surface area contributed by atoms with Gasteiger partial charge in [-0.2, -0.15) is 0 Å².